The summed E-state index contributed by atoms with van der Waals surface area (Å²) in [5, 5.41) is 0. The highest BCUT2D eigenvalue weighted by Gasteiger charge is 2.33. The maximum absolute atomic E-state index is 12.8. The fourth-order valence-corrected chi connectivity index (χ4v) is 4.22. The number of hydrogen-bond acceptors (Lipinski definition) is 4. The number of benzene rings is 1. The first-order valence-corrected chi connectivity index (χ1v) is 10.8. The summed E-state index contributed by atoms with van der Waals surface area (Å²) < 4.78 is 25.3. The molecule has 1 saturated carbocycles. The highest BCUT2D eigenvalue weighted by molar-refractivity contribution is 7.88. The second-order valence-corrected chi connectivity index (χ2v) is 8.96. The number of carbonyl (C=O) groups excluding carboxylic acids is 1. The van der Waals surface area contributed by atoms with Gasteiger partial charge in [0.15, 0.2) is 0 Å². The zero-order valence-electron chi connectivity index (χ0n) is 14.7. The molecule has 1 aliphatic heterocycles. The largest absolute Gasteiger partial charge is 0.334 e. The quantitative estimate of drug-likeness (QED) is 0.788. The topological polar surface area (TPSA) is 69.7 Å². The van der Waals surface area contributed by atoms with Crippen molar-refractivity contribution in [3.8, 4) is 0 Å². The predicted octanol–water partition coefficient (Wildman–Crippen LogP) is 1.19. The van der Waals surface area contributed by atoms with Crippen molar-refractivity contribution in [3.05, 3.63) is 35.9 Å². The summed E-state index contributed by atoms with van der Waals surface area (Å²) in [4.78, 5) is 16.9. The Hall–Kier alpha value is -1.44. The van der Waals surface area contributed by atoms with E-state index >= 15 is 0 Å². The van der Waals surface area contributed by atoms with Gasteiger partial charge in [-0.2, -0.15) is 0 Å². The van der Waals surface area contributed by atoms with Gasteiger partial charge in [-0.1, -0.05) is 30.3 Å². The molecular weight excluding hydrogens is 338 g/mol. The van der Waals surface area contributed by atoms with Crippen LogP contribution in [0.1, 0.15) is 31.2 Å². The van der Waals surface area contributed by atoms with Crippen LogP contribution in [-0.4, -0.2) is 62.1 Å². The van der Waals surface area contributed by atoms with E-state index in [9.17, 15) is 13.2 Å². The Morgan fingerprint density at radius 2 is 1.80 bits per heavy atom. The molecule has 25 heavy (non-hydrogen) atoms. The highest BCUT2D eigenvalue weighted by atomic mass is 32.2. The summed E-state index contributed by atoms with van der Waals surface area (Å²) in [5.74, 6) is 0.181. The van der Waals surface area contributed by atoms with E-state index in [4.69, 9.17) is 0 Å². The Kier molecular flexibility index (Phi) is 5.76. The second kappa shape index (κ2) is 7.85. The van der Waals surface area contributed by atoms with Gasteiger partial charge in [0.25, 0.3) is 0 Å². The number of likely N-dealkylation sites (tertiary alicyclic amines) is 1. The van der Waals surface area contributed by atoms with E-state index < -0.39 is 10.0 Å². The lowest BCUT2D eigenvalue weighted by Gasteiger charge is -2.33. The van der Waals surface area contributed by atoms with Crippen LogP contribution in [0.3, 0.4) is 0 Å². The van der Waals surface area contributed by atoms with E-state index in [0.29, 0.717) is 19.1 Å². The molecule has 1 aromatic carbocycles. The molecule has 1 aliphatic carbocycles. The molecular formula is C18H27N3O3S. The van der Waals surface area contributed by atoms with Crippen LogP contribution in [0.15, 0.2) is 30.3 Å². The molecule has 1 heterocycles. The number of nitrogens with one attached hydrogen (secondary N) is 1. The smallest absolute Gasteiger partial charge is 0.237 e. The van der Waals surface area contributed by atoms with Crippen molar-refractivity contribution in [3.63, 3.8) is 0 Å². The number of carbonyl (C=O) groups is 1. The second-order valence-electron chi connectivity index (χ2n) is 7.18. The van der Waals surface area contributed by atoms with Gasteiger partial charge in [-0.05, 0) is 31.2 Å². The molecule has 7 heteroatoms. The third-order valence-corrected chi connectivity index (χ3v) is 5.59. The lowest BCUT2D eigenvalue weighted by atomic mass is 10.1. The minimum Gasteiger partial charge on any atom is -0.334 e. The van der Waals surface area contributed by atoms with E-state index in [1.807, 2.05) is 23.1 Å². The van der Waals surface area contributed by atoms with Gasteiger partial charge in [-0.15, -0.1) is 0 Å². The number of hydrogen-bond donors (Lipinski definition) is 1. The summed E-state index contributed by atoms with van der Waals surface area (Å²) in [6, 6.07) is 10.5. The van der Waals surface area contributed by atoms with Crippen molar-refractivity contribution in [2.45, 2.75) is 44.3 Å². The van der Waals surface area contributed by atoms with Crippen LogP contribution in [0.4, 0.5) is 0 Å². The average molecular weight is 365 g/mol. The van der Waals surface area contributed by atoms with Gasteiger partial charge in [0.1, 0.15) is 0 Å². The Bertz CT molecular complexity index is 681. The van der Waals surface area contributed by atoms with Crippen molar-refractivity contribution < 1.29 is 13.2 Å². The average Bonchev–Trinajstić information content (AvgIpc) is 3.39. The lowest BCUT2D eigenvalue weighted by molar-refractivity contribution is -0.134. The van der Waals surface area contributed by atoms with Crippen molar-refractivity contribution in [1.82, 2.24) is 14.5 Å². The molecule has 138 valence electrons. The van der Waals surface area contributed by atoms with Crippen molar-refractivity contribution in [2.75, 3.05) is 25.9 Å². The van der Waals surface area contributed by atoms with Gasteiger partial charge in [0, 0.05) is 31.7 Å². The first kappa shape index (κ1) is 18.4. The van der Waals surface area contributed by atoms with E-state index in [1.54, 1.807) is 0 Å². The van der Waals surface area contributed by atoms with Crippen LogP contribution in [0.25, 0.3) is 0 Å². The van der Waals surface area contributed by atoms with Crippen molar-refractivity contribution in [1.29, 1.82) is 0 Å². The summed E-state index contributed by atoms with van der Waals surface area (Å²) in [5.41, 5.74) is 1.17. The zero-order valence-corrected chi connectivity index (χ0v) is 15.5. The van der Waals surface area contributed by atoms with Gasteiger partial charge < -0.3 is 4.90 Å². The molecule has 0 unspecified atom stereocenters. The first-order valence-electron chi connectivity index (χ1n) is 8.94. The first-order chi connectivity index (χ1) is 11.9. The maximum Gasteiger partial charge on any atom is 0.237 e. The van der Waals surface area contributed by atoms with Crippen molar-refractivity contribution >= 4 is 15.9 Å². The molecule has 2 aliphatic rings. The molecule has 1 saturated heterocycles. The number of piperidine rings is 1. The number of sulfonamides is 1. The van der Waals surface area contributed by atoms with Crippen LogP contribution in [0.2, 0.25) is 0 Å². The standard InChI is InChI=1S/C18H27N3O3S/c1-25(23,24)19-16-9-11-20(12-10-16)14-18(22)21(17-7-8-17)13-15-5-3-2-4-6-15/h2-6,16-17,19H,7-14H2,1H3. The van der Waals surface area contributed by atoms with Gasteiger partial charge in [-0.3, -0.25) is 9.69 Å². The fourth-order valence-electron chi connectivity index (χ4n) is 3.38. The van der Waals surface area contributed by atoms with Gasteiger partial charge in [-0.25, -0.2) is 13.1 Å². The molecule has 3 rings (SSSR count). The molecule has 1 aromatic rings. The van der Waals surface area contributed by atoms with E-state index in [0.717, 1.165) is 38.8 Å². The SMILES string of the molecule is CS(=O)(=O)NC1CCN(CC(=O)N(Cc2ccccc2)C2CC2)CC1. The van der Waals surface area contributed by atoms with Crippen LogP contribution in [0.5, 0.6) is 0 Å². The molecule has 0 bridgehead atoms. The van der Waals surface area contributed by atoms with Crippen LogP contribution in [-0.2, 0) is 21.4 Å². The minimum absolute atomic E-state index is 0.00907. The Balaban J connectivity index is 1.51. The minimum atomic E-state index is -3.16. The lowest BCUT2D eigenvalue weighted by Crippen LogP contribution is -2.48. The van der Waals surface area contributed by atoms with Gasteiger partial charge in [0.2, 0.25) is 15.9 Å². The van der Waals surface area contributed by atoms with Crippen LogP contribution in [0, 0.1) is 0 Å². The fraction of sp³-hybridized carbons (Fsp3) is 0.611. The molecule has 0 aromatic heterocycles. The number of rotatable bonds is 7. The van der Waals surface area contributed by atoms with Crippen LogP contribution >= 0.6 is 0 Å². The Labute approximate surface area is 150 Å². The van der Waals surface area contributed by atoms with E-state index in [1.165, 1.54) is 11.8 Å². The predicted molar refractivity (Wildman–Crippen MR) is 97.5 cm³/mol. The molecule has 1 amide bonds. The number of amides is 1. The molecule has 0 radical (unpaired) electrons. The Morgan fingerprint density at radius 3 is 2.36 bits per heavy atom. The summed E-state index contributed by atoms with van der Waals surface area (Å²) in [7, 11) is -3.16. The summed E-state index contributed by atoms with van der Waals surface area (Å²) in [6.07, 6.45) is 4.89. The molecule has 1 N–H and O–H groups in total. The van der Waals surface area contributed by atoms with Gasteiger partial charge in [0.05, 0.1) is 12.8 Å². The zero-order chi connectivity index (χ0) is 17.9. The third-order valence-electron chi connectivity index (χ3n) is 4.83. The molecule has 2 fully saturated rings. The summed E-state index contributed by atoms with van der Waals surface area (Å²) in [6.45, 7) is 2.61. The summed E-state index contributed by atoms with van der Waals surface area (Å²) >= 11 is 0. The highest BCUT2D eigenvalue weighted by Crippen LogP contribution is 2.28. The molecule has 0 spiro atoms. The Morgan fingerprint density at radius 1 is 1.16 bits per heavy atom. The monoisotopic (exact) mass is 365 g/mol. The van der Waals surface area contributed by atoms with Crippen molar-refractivity contribution in [2.24, 2.45) is 0 Å². The number of nitrogens with zero attached hydrogens (tertiary/aromatic N) is 2. The van der Waals surface area contributed by atoms with Gasteiger partial charge >= 0.3 is 0 Å². The molecule has 6 nitrogen and oxygen atoms in total. The normalized spacial score (nSPS) is 19.7. The third kappa shape index (κ3) is 5.80. The van der Waals surface area contributed by atoms with E-state index in [-0.39, 0.29) is 11.9 Å². The van der Waals surface area contributed by atoms with E-state index in [2.05, 4.69) is 21.8 Å². The van der Waals surface area contributed by atoms with Crippen LogP contribution < -0.4 is 4.72 Å². The molecule has 0 atom stereocenters. The maximum atomic E-state index is 12.8.